The van der Waals surface area contributed by atoms with E-state index in [2.05, 4.69) is 5.32 Å². The lowest BCUT2D eigenvalue weighted by Crippen LogP contribution is -2.50. The van der Waals surface area contributed by atoms with Crippen molar-refractivity contribution in [3.05, 3.63) is 34.3 Å². The number of amides is 2. The van der Waals surface area contributed by atoms with Crippen molar-refractivity contribution in [2.24, 2.45) is 0 Å². The maximum atomic E-state index is 12.3. The Kier molecular flexibility index (Phi) is 7.72. The van der Waals surface area contributed by atoms with Crippen LogP contribution in [0.25, 0.3) is 0 Å². The van der Waals surface area contributed by atoms with Crippen molar-refractivity contribution in [2.75, 3.05) is 32.7 Å². The lowest BCUT2D eigenvalue weighted by molar-refractivity contribution is -0.139. The van der Waals surface area contributed by atoms with Crippen LogP contribution in [0.5, 0.6) is 0 Å². The summed E-state index contributed by atoms with van der Waals surface area (Å²) in [5.74, 6) is -0.801. The number of carbonyl (C=O) groups excluding carboxylic acids is 1. The summed E-state index contributed by atoms with van der Waals surface area (Å²) in [6.45, 7) is 6.62. The average Bonchev–Trinajstić information content (AvgIpc) is 2.62. The van der Waals surface area contributed by atoms with E-state index in [0.29, 0.717) is 26.2 Å². The standard InChI is InChI=1S/C19H28ClN3O3/c1-3-22(13-18(24)25)16-7-10-23(11-8-16)19(26)21-9-6-15-4-5-17(20)14(2)12-15/h4-5,12,16H,3,6-11,13H2,1-2H3,(H,21,26)(H,24,25). The van der Waals surface area contributed by atoms with Crippen LogP contribution in [0.2, 0.25) is 5.02 Å². The molecule has 0 radical (unpaired) electrons. The Morgan fingerprint density at radius 2 is 2.04 bits per heavy atom. The minimum atomic E-state index is -0.801. The molecule has 144 valence electrons. The topological polar surface area (TPSA) is 72.9 Å². The Hall–Kier alpha value is -1.79. The number of hydrogen-bond donors (Lipinski definition) is 2. The Balaban J connectivity index is 1.74. The molecule has 0 aromatic heterocycles. The van der Waals surface area contributed by atoms with Crippen LogP contribution < -0.4 is 5.32 Å². The van der Waals surface area contributed by atoms with Crippen LogP contribution in [0.15, 0.2) is 18.2 Å². The van der Waals surface area contributed by atoms with Gasteiger partial charge in [-0.05, 0) is 49.9 Å². The molecule has 2 amide bonds. The van der Waals surface area contributed by atoms with E-state index in [4.69, 9.17) is 16.7 Å². The second-order valence-electron chi connectivity index (χ2n) is 6.74. The number of benzene rings is 1. The van der Waals surface area contributed by atoms with Gasteiger partial charge in [-0.1, -0.05) is 30.7 Å². The van der Waals surface area contributed by atoms with E-state index in [9.17, 15) is 9.59 Å². The normalized spacial score (nSPS) is 15.3. The molecule has 0 unspecified atom stereocenters. The summed E-state index contributed by atoms with van der Waals surface area (Å²) in [6.07, 6.45) is 2.39. The van der Waals surface area contributed by atoms with Crippen LogP contribution in [-0.4, -0.2) is 65.7 Å². The van der Waals surface area contributed by atoms with E-state index in [1.807, 2.05) is 41.8 Å². The number of aliphatic carboxylic acids is 1. The van der Waals surface area contributed by atoms with Crippen LogP contribution in [0.1, 0.15) is 30.9 Å². The molecule has 6 nitrogen and oxygen atoms in total. The van der Waals surface area contributed by atoms with E-state index in [0.717, 1.165) is 35.4 Å². The quantitative estimate of drug-likeness (QED) is 0.761. The van der Waals surface area contributed by atoms with E-state index < -0.39 is 5.97 Å². The first kappa shape index (κ1) is 20.5. The smallest absolute Gasteiger partial charge is 0.317 e. The van der Waals surface area contributed by atoms with Crippen LogP contribution >= 0.6 is 11.6 Å². The summed E-state index contributed by atoms with van der Waals surface area (Å²) < 4.78 is 0. The molecule has 1 aromatic rings. The van der Waals surface area contributed by atoms with Crippen molar-refractivity contribution < 1.29 is 14.7 Å². The predicted molar refractivity (Wildman–Crippen MR) is 103 cm³/mol. The van der Waals surface area contributed by atoms with Gasteiger partial charge < -0.3 is 15.3 Å². The highest BCUT2D eigenvalue weighted by molar-refractivity contribution is 6.31. The summed E-state index contributed by atoms with van der Waals surface area (Å²) >= 11 is 6.03. The number of nitrogens with one attached hydrogen (secondary N) is 1. The molecule has 1 fully saturated rings. The lowest BCUT2D eigenvalue weighted by atomic mass is 10.0. The lowest BCUT2D eigenvalue weighted by Gasteiger charge is -2.37. The largest absolute Gasteiger partial charge is 0.480 e. The molecule has 0 bridgehead atoms. The molecule has 1 aliphatic heterocycles. The summed E-state index contributed by atoms with van der Waals surface area (Å²) in [5, 5.41) is 12.7. The summed E-state index contributed by atoms with van der Waals surface area (Å²) in [4.78, 5) is 27.0. The highest BCUT2D eigenvalue weighted by Gasteiger charge is 2.27. The summed E-state index contributed by atoms with van der Waals surface area (Å²) in [7, 11) is 0. The molecule has 0 atom stereocenters. The first-order valence-electron chi connectivity index (χ1n) is 9.14. The molecule has 1 aliphatic rings. The number of rotatable bonds is 7. The molecular formula is C19H28ClN3O3. The van der Waals surface area contributed by atoms with Crippen molar-refractivity contribution in [1.29, 1.82) is 0 Å². The molecule has 7 heteroatoms. The minimum Gasteiger partial charge on any atom is -0.480 e. The van der Waals surface area contributed by atoms with Crippen molar-refractivity contribution in [3.8, 4) is 0 Å². The maximum absolute atomic E-state index is 12.3. The fourth-order valence-electron chi connectivity index (χ4n) is 3.39. The van der Waals surface area contributed by atoms with E-state index in [1.165, 1.54) is 0 Å². The first-order valence-corrected chi connectivity index (χ1v) is 9.52. The zero-order chi connectivity index (χ0) is 19.1. The van der Waals surface area contributed by atoms with E-state index >= 15 is 0 Å². The number of halogens is 1. The molecule has 0 saturated carbocycles. The van der Waals surface area contributed by atoms with Crippen molar-refractivity contribution in [3.63, 3.8) is 0 Å². The van der Waals surface area contributed by atoms with Gasteiger partial charge in [-0.25, -0.2) is 4.79 Å². The minimum absolute atomic E-state index is 0.0459. The van der Waals surface area contributed by atoms with Crippen molar-refractivity contribution >= 4 is 23.6 Å². The third-order valence-electron chi connectivity index (χ3n) is 4.92. The van der Waals surface area contributed by atoms with Gasteiger partial charge in [0, 0.05) is 30.7 Å². The zero-order valence-corrected chi connectivity index (χ0v) is 16.3. The SMILES string of the molecule is CCN(CC(=O)O)C1CCN(C(=O)NCCc2ccc(Cl)c(C)c2)CC1. The summed E-state index contributed by atoms with van der Waals surface area (Å²) in [6, 6.07) is 6.10. The monoisotopic (exact) mass is 381 g/mol. The van der Waals surface area contributed by atoms with Gasteiger partial charge >= 0.3 is 12.0 Å². The number of urea groups is 1. The van der Waals surface area contributed by atoms with E-state index in [-0.39, 0.29) is 18.6 Å². The molecule has 2 N–H and O–H groups in total. The van der Waals surface area contributed by atoms with Gasteiger partial charge in [-0.15, -0.1) is 0 Å². The van der Waals surface area contributed by atoms with Gasteiger partial charge in [-0.3, -0.25) is 9.69 Å². The Morgan fingerprint density at radius 3 is 2.62 bits per heavy atom. The number of likely N-dealkylation sites (N-methyl/N-ethyl adjacent to an activating group) is 1. The van der Waals surface area contributed by atoms with Crippen LogP contribution in [-0.2, 0) is 11.2 Å². The number of likely N-dealkylation sites (tertiary alicyclic amines) is 1. The molecule has 1 aromatic carbocycles. The van der Waals surface area contributed by atoms with E-state index in [1.54, 1.807) is 0 Å². The van der Waals surface area contributed by atoms with Crippen LogP contribution in [0, 0.1) is 6.92 Å². The second-order valence-corrected chi connectivity index (χ2v) is 7.15. The third-order valence-corrected chi connectivity index (χ3v) is 5.35. The number of nitrogens with zero attached hydrogens (tertiary/aromatic N) is 2. The van der Waals surface area contributed by atoms with Crippen molar-refractivity contribution in [2.45, 2.75) is 39.2 Å². The first-order chi connectivity index (χ1) is 12.4. The predicted octanol–water partition coefficient (Wildman–Crippen LogP) is 2.77. The maximum Gasteiger partial charge on any atom is 0.317 e. The van der Waals surface area contributed by atoms with Gasteiger partial charge in [0.1, 0.15) is 0 Å². The van der Waals surface area contributed by atoms with Crippen LogP contribution in [0.4, 0.5) is 4.79 Å². The fourth-order valence-corrected chi connectivity index (χ4v) is 3.51. The molecule has 1 heterocycles. The molecule has 0 aliphatic carbocycles. The van der Waals surface area contributed by atoms with Gasteiger partial charge in [0.15, 0.2) is 0 Å². The van der Waals surface area contributed by atoms with Crippen LogP contribution in [0.3, 0.4) is 0 Å². The number of carbonyl (C=O) groups is 2. The summed E-state index contributed by atoms with van der Waals surface area (Å²) in [5.41, 5.74) is 2.19. The van der Waals surface area contributed by atoms with Gasteiger partial charge in [0.25, 0.3) is 0 Å². The third kappa shape index (κ3) is 5.88. The molecule has 26 heavy (non-hydrogen) atoms. The number of aryl methyl sites for hydroxylation is 1. The molecular weight excluding hydrogens is 354 g/mol. The second kappa shape index (κ2) is 9.78. The number of carboxylic acid groups (broad SMARTS) is 1. The number of carboxylic acids is 1. The average molecular weight is 382 g/mol. The van der Waals surface area contributed by atoms with Gasteiger partial charge in [0.2, 0.25) is 0 Å². The molecule has 1 saturated heterocycles. The molecule has 0 spiro atoms. The highest BCUT2D eigenvalue weighted by atomic mass is 35.5. The molecule has 2 rings (SSSR count). The van der Waals surface area contributed by atoms with Gasteiger partial charge in [0.05, 0.1) is 6.54 Å². The Labute approximate surface area is 160 Å². The Morgan fingerprint density at radius 1 is 1.35 bits per heavy atom. The number of piperidine rings is 1. The number of hydrogen-bond acceptors (Lipinski definition) is 3. The zero-order valence-electron chi connectivity index (χ0n) is 15.5. The fraction of sp³-hybridized carbons (Fsp3) is 0.579. The van der Waals surface area contributed by atoms with Crippen molar-refractivity contribution in [1.82, 2.24) is 15.1 Å². The highest BCUT2D eigenvalue weighted by Crippen LogP contribution is 2.17. The van der Waals surface area contributed by atoms with Gasteiger partial charge in [-0.2, -0.15) is 0 Å². The Bertz CT molecular complexity index is 630.